The van der Waals surface area contributed by atoms with Gasteiger partial charge in [-0.3, -0.25) is 0 Å². The number of hydrogen-bond donors (Lipinski definition) is 0. The molecule has 0 heteroatoms. The molecule has 0 nitrogen and oxygen atoms in total. The molecule has 0 aromatic heterocycles. The molecule has 0 spiro atoms. The zero-order valence-electron chi connectivity index (χ0n) is 7.43. The fraction of sp³-hybridized carbons (Fsp3) is 0.900. The third-order valence-electron chi connectivity index (χ3n) is 2.69. The summed E-state index contributed by atoms with van der Waals surface area (Å²) in [5, 5.41) is 0. The van der Waals surface area contributed by atoms with Crippen LogP contribution in [0.3, 0.4) is 0 Å². The van der Waals surface area contributed by atoms with Crippen LogP contribution in [0.25, 0.3) is 0 Å². The van der Waals surface area contributed by atoms with Crippen LogP contribution in [0, 0.1) is 24.2 Å². The SMILES string of the molecule is CC(C)[C@H]1[CH]C[C@@H](C)CC1. The van der Waals surface area contributed by atoms with Crippen molar-refractivity contribution < 1.29 is 0 Å². The molecule has 0 bridgehead atoms. The van der Waals surface area contributed by atoms with Gasteiger partial charge in [-0.15, -0.1) is 0 Å². The van der Waals surface area contributed by atoms with Gasteiger partial charge in [0.15, 0.2) is 0 Å². The summed E-state index contributed by atoms with van der Waals surface area (Å²) in [6.07, 6.45) is 6.75. The van der Waals surface area contributed by atoms with Crippen molar-refractivity contribution in [3.8, 4) is 0 Å². The Labute approximate surface area is 65.0 Å². The average Bonchev–Trinajstić information content (AvgIpc) is 1.88. The first-order valence-corrected chi connectivity index (χ1v) is 4.53. The second kappa shape index (κ2) is 3.41. The normalized spacial score (nSPS) is 34.8. The molecule has 0 heterocycles. The van der Waals surface area contributed by atoms with Gasteiger partial charge >= 0.3 is 0 Å². The summed E-state index contributed by atoms with van der Waals surface area (Å²) in [5.41, 5.74) is 0. The molecule has 0 unspecified atom stereocenters. The molecule has 1 rings (SSSR count). The van der Waals surface area contributed by atoms with E-state index < -0.39 is 0 Å². The monoisotopic (exact) mass is 139 g/mol. The Kier molecular flexibility index (Phi) is 2.76. The molecule has 10 heavy (non-hydrogen) atoms. The Morgan fingerprint density at radius 2 is 2.00 bits per heavy atom. The Hall–Kier alpha value is 0. The van der Waals surface area contributed by atoms with Crippen molar-refractivity contribution in [2.75, 3.05) is 0 Å². The van der Waals surface area contributed by atoms with Gasteiger partial charge in [-0.2, -0.15) is 0 Å². The second-order valence-corrected chi connectivity index (χ2v) is 4.06. The second-order valence-electron chi connectivity index (χ2n) is 4.06. The fourth-order valence-electron chi connectivity index (χ4n) is 1.73. The Balaban J connectivity index is 2.26. The molecule has 1 saturated carbocycles. The zero-order chi connectivity index (χ0) is 7.56. The Bertz CT molecular complexity index is 86.2. The van der Waals surface area contributed by atoms with E-state index >= 15 is 0 Å². The number of hydrogen-bond acceptors (Lipinski definition) is 0. The first-order valence-electron chi connectivity index (χ1n) is 4.53. The third-order valence-corrected chi connectivity index (χ3v) is 2.69. The molecule has 0 aromatic carbocycles. The van der Waals surface area contributed by atoms with E-state index in [1.54, 1.807) is 0 Å². The molecule has 2 atom stereocenters. The van der Waals surface area contributed by atoms with Crippen LogP contribution in [0.2, 0.25) is 0 Å². The maximum absolute atomic E-state index is 2.53. The van der Waals surface area contributed by atoms with Gasteiger partial charge in [0.25, 0.3) is 0 Å². The minimum absolute atomic E-state index is 0.868. The highest BCUT2D eigenvalue weighted by Gasteiger charge is 2.20. The molecule has 1 aliphatic rings. The molecule has 1 fully saturated rings. The lowest BCUT2D eigenvalue weighted by Crippen LogP contribution is -2.17. The predicted octanol–water partition coefficient (Wildman–Crippen LogP) is 3.28. The fourth-order valence-corrected chi connectivity index (χ4v) is 1.73. The van der Waals surface area contributed by atoms with Crippen molar-refractivity contribution in [3.05, 3.63) is 6.42 Å². The topological polar surface area (TPSA) is 0 Å². The van der Waals surface area contributed by atoms with E-state index in [1.165, 1.54) is 19.3 Å². The highest BCUT2D eigenvalue weighted by Crippen LogP contribution is 2.31. The van der Waals surface area contributed by atoms with E-state index in [-0.39, 0.29) is 0 Å². The molecule has 0 saturated heterocycles. The van der Waals surface area contributed by atoms with Crippen LogP contribution in [0.4, 0.5) is 0 Å². The summed E-state index contributed by atoms with van der Waals surface area (Å²) in [5.74, 6) is 2.73. The average molecular weight is 139 g/mol. The quantitative estimate of drug-likeness (QED) is 0.523. The summed E-state index contributed by atoms with van der Waals surface area (Å²) in [6, 6.07) is 0. The van der Waals surface area contributed by atoms with E-state index in [0.717, 1.165) is 17.8 Å². The van der Waals surface area contributed by atoms with E-state index in [2.05, 4.69) is 27.2 Å². The standard InChI is InChI=1S/C10H19/c1-8(2)10-6-4-9(3)5-7-10/h6,8-10H,4-5,7H2,1-3H3/t9-,10+/m1/s1. The van der Waals surface area contributed by atoms with Crippen LogP contribution in [0.1, 0.15) is 40.0 Å². The van der Waals surface area contributed by atoms with E-state index in [1.807, 2.05) is 0 Å². The molecule has 0 aromatic rings. The van der Waals surface area contributed by atoms with Gasteiger partial charge in [0.1, 0.15) is 0 Å². The van der Waals surface area contributed by atoms with Crippen LogP contribution in [0.5, 0.6) is 0 Å². The predicted molar refractivity (Wildman–Crippen MR) is 45.6 cm³/mol. The minimum atomic E-state index is 0.868. The lowest BCUT2D eigenvalue weighted by Gasteiger charge is -2.28. The Morgan fingerprint density at radius 1 is 1.30 bits per heavy atom. The summed E-state index contributed by atoms with van der Waals surface area (Å²) in [6.45, 7) is 7.02. The van der Waals surface area contributed by atoms with Gasteiger partial charge in [0.05, 0.1) is 0 Å². The third kappa shape index (κ3) is 2.00. The molecule has 0 N–H and O–H groups in total. The zero-order valence-corrected chi connectivity index (χ0v) is 7.43. The van der Waals surface area contributed by atoms with E-state index in [9.17, 15) is 0 Å². The van der Waals surface area contributed by atoms with Crippen molar-refractivity contribution in [2.24, 2.45) is 17.8 Å². The highest BCUT2D eigenvalue weighted by molar-refractivity contribution is 4.85. The van der Waals surface area contributed by atoms with Crippen molar-refractivity contribution >= 4 is 0 Å². The molecular weight excluding hydrogens is 120 g/mol. The van der Waals surface area contributed by atoms with Crippen LogP contribution in [0.15, 0.2) is 0 Å². The van der Waals surface area contributed by atoms with Gasteiger partial charge in [-0.25, -0.2) is 0 Å². The van der Waals surface area contributed by atoms with Crippen molar-refractivity contribution in [3.63, 3.8) is 0 Å². The molecule has 0 aliphatic heterocycles. The number of rotatable bonds is 1. The van der Waals surface area contributed by atoms with Gasteiger partial charge in [-0.1, -0.05) is 27.2 Å². The molecule has 59 valence electrons. The minimum Gasteiger partial charge on any atom is -0.0625 e. The summed E-state index contributed by atoms with van der Waals surface area (Å²) >= 11 is 0. The van der Waals surface area contributed by atoms with Gasteiger partial charge in [0.2, 0.25) is 0 Å². The van der Waals surface area contributed by atoms with Crippen LogP contribution in [-0.2, 0) is 0 Å². The van der Waals surface area contributed by atoms with Gasteiger partial charge in [-0.05, 0) is 37.0 Å². The molecule has 0 amide bonds. The van der Waals surface area contributed by atoms with Gasteiger partial charge in [0, 0.05) is 0 Å². The van der Waals surface area contributed by atoms with Gasteiger partial charge < -0.3 is 0 Å². The largest absolute Gasteiger partial charge is 0.0625 e. The lowest BCUT2D eigenvalue weighted by molar-refractivity contribution is 0.302. The van der Waals surface area contributed by atoms with Crippen molar-refractivity contribution in [1.29, 1.82) is 0 Å². The summed E-state index contributed by atoms with van der Waals surface area (Å²) in [7, 11) is 0. The van der Waals surface area contributed by atoms with Crippen LogP contribution < -0.4 is 0 Å². The maximum Gasteiger partial charge on any atom is -0.0350 e. The summed E-state index contributed by atoms with van der Waals surface area (Å²) in [4.78, 5) is 0. The first kappa shape index (κ1) is 8.10. The molecule has 1 aliphatic carbocycles. The lowest BCUT2D eigenvalue weighted by atomic mass is 9.78. The maximum atomic E-state index is 2.53. The van der Waals surface area contributed by atoms with E-state index in [4.69, 9.17) is 0 Å². The first-order chi connectivity index (χ1) is 4.70. The smallest absolute Gasteiger partial charge is 0.0350 e. The van der Waals surface area contributed by atoms with Crippen molar-refractivity contribution in [1.82, 2.24) is 0 Å². The van der Waals surface area contributed by atoms with E-state index in [0.29, 0.717) is 0 Å². The Morgan fingerprint density at radius 3 is 2.40 bits per heavy atom. The van der Waals surface area contributed by atoms with Crippen LogP contribution in [-0.4, -0.2) is 0 Å². The summed E-state index contributed by atoms with van der Waals surface area (Å²) < 4.78 is 0. The highest BCUT2D eigenvalue weighted by atomic mass is 14.3. The van der Waals surface area contributed by atoms with Crippen molar-refractivity contribution in [2.45, 2.75) is 40.0 Å². The molecule has 1 radical (unpaired) electrons. The molecular formula is C10H19. The van der Waals surface area contributed by atoms with Crippen LogP contribution >= 0.6 is 0 Å².